The summed E-state index contributed by atoms with van der Waals surface area (Å²) in [5.41, 5.74) is 6.69. The number of hydrogen-bond acceptors (Lipinski definition) is 4. The molecule has 2 aromatic rings. The molecular weight excluding hydrogens is 297 g/mol. The number of benzene rings is 1. The van der Waals surface area contributed by atoms with Gasteiger partial charge in [-0.05, 0) is 24.3 Å². The summed E-state index contributed by atoms with van der Waals surface area (Å²) in [7, 11) is 0. The van der Waals surface area contributed by atoms with E-state index in [1.807, 2.05) is 12.1 Å². The van der Waals surface area contributed by atoms with Gasteiger partial charge in [-0.15, -0.1) is 13.2 Å². The van der Waals surface area contributed by atoms with Gasteiger partial charge in [-0.3, -0.25) is 4.98 Å². The highest BCUT2D eigenvalue weighted by atomic mass is 19.4. The van der Waals surface area contributed by atoms with Crippen molar-refractivity contribution in [2.24, 2.45) is 5.73 Å². The number of alkyl halides is 3. The fraction of sp³-hybridized carbons (Fsp3) is 0.267. The number of nitrogens with two attached hydrogens (primary N) is 1. The van der Waals surface area contributed by atoms with Gasteiger partial charge in [-0.2, -0.15) is 0 Å². The summed E-state index contributed by atoms with van der Waals surface area (Å²) in [5.74, 6) is 0.645. The molecule has 3 rings (SSSR count). The fourth-order valence-corrected chi connectivity index (χ4v) is 1.86. The molecule has 0 fully saturated rings. The molecule has 1 aromatic carbocycles. The smallest absolute Gasteiger partial charge is 0.492 e. The van der Waals surface area contributed by atoms with Gasteiger partial charge < -0.3 is 15.2 Å². The van der Waals surface area contributed by atoms with Gasteiger partial charge in [0.15, 0.2) is 0 Å². The molecule has 0 saturated carbocycles. The van der Waals surface area contributed by atoms with Crippen molar-refractivity contribution in [1.29, 1.82) is 0 Å². The predicted molar refractivity (Wildman–Crippen MR) is 74.4 cm³/mol. The summed E-state index contributed by atoms with van der Waals surface area (Å²) in [6.45, 7) is 0.708. The molecule has 0 amide bonds. The van der Waals surface area contributed by atoms with Crippen molar-refractivity contribution in [1.82, 2.24) is 4.98 Å². The summed E-state index contributed by atoms with van der Waals surface area (Å²) in [6.07, 6.45) is -1.99. The first-order chi connectivity index (χ1) is 10.5. The Hall–Kier alpha value is -2.28. The predicted octanol–water partition coefficient (Wildman–Crippen LogP) is 3.45. The quantitative estimate of drug-likeness (QED) is 0.876. The van der Waals surface area contributed by atoms with E-state index < -0.39 is 6.36 Å². The Morgan fingerprint density at radius 1 is 1.14 bits per heavy atom. The van der Waals surface area contributed by atoms with Crippen LogP contribution in [0.15, 0.2) is 48.7 Å². The number of rotatable bonds is 1. The van der Waals surface area contributed by atoms with E-state index in [0.717, 1.165) is 17.9 Å². The van der Waals surface area contributed by atoms with Gasteiger partial charge in [-0.25, -0.2) is 0 Å². The first-order valence-corrected chi connectivity index (χ1v) is 6.60. The van der Waals surface area contributed by atoms with Crippen molar-refractivity contribution in [3.05, 3.63) is 54.4 Å². The Morgan fingerprint density at radius 3 is 2.50 bits per heavy atom. The van der Waals surface area contributed by atoms with Crippen molar-refractivity contribution < 1.29 is 22.6 Å². The number of fused-ring (bicyclic) bond motifs is 1. The number of ether oxygens (including phenoxy) is 2. The molecule has 2 heterocycles. The third-order valence-corrected chi connectivity index (χ3v) is 2.81. The minimum absolute atomic E-state index is 0.0555. The Balaban J connectivity index is 0.000000160. The van der Waals surface area contributed by atoms with Crippen molar-refractivity contribution in [2.45, 2.75) is 18.8 Å². The van der Waals surface area contributed by atoms with Crippen LogP contribution >= 0.6 is 0 Å². The molecule has 0 bridgehead atoms. The number of halogens is 3. The van der Waals surface area contributed by atoms with E-state index in [1.165, 1.54) is 24.3 Å². The molecule has 1 atom stereocenters. The van der Waals surface area contributed by atoms with Gasteiger partial charge in [-0.1, -0.05) is 18.2 Å². The first-order valence-electron chi connectivity index (χ1n) is 6.60. The molecule has 0 spiro atoms. The van der Waals surface area contributed by atoms with E-state index in [2.05, 4.69) is 9.72 Å². The minimum Gasteiger partial charge on any atom is -0.492 e. The van der Waals surface area contributed by atoms with Gasteiger partial charge in [0.25, 0.3) is 0 Å². The van der Waals surface area contributed by atoms with E-state index in [-0.39, 0.29) is 11.8 Å². The van der Waals surface area contributed by atoms with Crippen LogP contribution in [0.3, 0.4) is 0 Å². The monoisotopic (exact) mass is 312 g/mol. The minimum atomic E-state index is -4.60. The maximum atomic E-state index is 11.5. The first kappa shape index (κ1) is 16.1. The zero-order chi connectivity index (χ0) is 16.0. The summed E-state index contributed by atoms with van der Waals surface area (Å²) >= 11 is 0. The maximum absolute atomic E-state index is 11.5. The Morgan fingerprint density at radius 2 is 1.86 bits per heavy atom. The zero-order valence-electron chi connectivity index (χ0n) is 11.6. The van der Waals surface area contributed by atoms with Crippen LogP contribution in [-0.2, 0) is 0 Å². The number of nitrogens with zero attached hydrogens (tertiary/aromatic N) is 1. The molecule has 0 saturated heterocycles. The lowest BCUT2D eigenvalue weighted by Gasteiger charge is -2.20. The molecule has 7 heteroatoms. The number of para-hydroxylation sites is 1. The molecule has 1 aliphatic rings. The molecule has 4 nitrogen and oxygen atoms in total. The van der Waals surface area contributed by atoms with Crippen LogP contribution < -0.4 is 15.2 Å². The second-order valence-corrected chi connectivity index (χ2v) is 4.49. The van der Waals surface area contributed by atoms with Gasteiger partial charge in [0.1, 0.15) is 11.5 Å². The topological polar surface area (TPSA) is 57.4 Å². The largest absolute Gasteiger partial charge is 0.573 e. The highest BCUT2D eigenvalue weighted by Crippen LogP contribution is 2.27. The molecule has 1 aliphatic heterocycles. The molecule has 118 valence electrons. The highest BCUT2D eigenvalue weighted by molar-refractivity contribution is 5.30. The van der Waals surface area contributed by atoms with Gasteiger partial charge >= 0.3 is 6.36 Å². The van der Waals surface area contributed by atoms with E-state index >= 15 is 0 Å². The lowest BCUT2D eigenvalue weighted by atomic mass is 10.1. The number of pyridine rings is 1. The van der Waals surface area contributed by atoms with E-state index in [9.17, 15) is 13.2 Å². The molecule has 1 aromatic heterocycles. The second kappa shape index (κ2) is 7.13. The molecular formula is C15H15F3N2O2. The summed E-state index contributed by atoms with van der Waals surface area (Å²) in [5, 5.41) is 0. The fourth-order valence-electron chi connectivity index (χ4n) is 1.86. The van der Waals surface area contributed by atoms with Crippen LogP contribution in [0.1, 0.15) is 18.2 Å². The SMILES string of the molecule is FC(F)(F)Oc1ccccc1.NC1CCOc2cccnc21. The Kier molecular flexibility index (Phi) is 5.21. The number of hydrogen-bond donors (Lipinski definition) is 1. The van der Waals surface area contributed by atoms with Crippen molar-refractivity contribution in [3.63, 3.8) is 0 Å². The maximum Gasteiger partial charge on any atom is 0.573 e. The van der Waals surface area contributed by atoms with Crippen molar-refractivity contribution >= 4 is 0 Å². The third kappa shape index (κ3) is 4.92. The summed E-state index contributed by atoms with van der Waals surface area (Å²) < 4.78 is 43.5. The Bertz CT molecular complexity index is 591. The molecule has 0 radical (unpaired) electrons. The lowest BCUT2D eigenvalue weighted by molar-refractivity contribution is -0.274. The molecule has 1 unspecified atom stereocenters. The normalized spacial score (nSPS) is 16.6. The lowest BCUT2D eigenvalue weighted by Crippen LogP contribution is -2.21. The average Bonchev–Trinajstić information content (AvgIpc) is 2.48. The summed E-state index contributed by atoms with van der Waals surface area (Å²) in [6, 6.07) is 10.9. The molecule has 22 heavy (non-hydrogen) atoms. The average molecular weight is 312 g/mol. The Labute approximate surface area is 125 Å². The van der Waals surface area contributed by atoms with Crippen LogP contribution in [-0.4, -0.2) is 18.0 Å². The zero-order valence-corrected chi connectivity index (χ0v) is 11.6. The molecule has 0 aliphatic carbocycles. The third-order valence-electron chi connectivity index (χ3n) is 2.81. The van der Waals surface area contributed by atoms with E-state index in [4.69, 9.17) is 10.5 Å². The highest BCUT2D eigenvalue weighted by Gasteiger charge is 2.30. The van der Waals surface area contributed by atoms with Crippen LogP contribution in [0.2, 0.25) is 0 Å². The van der Waals surface area contributed by atoms with Crippen molar-refractivity contribution in [3.8, 4) is 11.5 Å². The standard InChI is InChI=1S/C8H10N2O.C7H5F3O/c9-6-3-5-11-7-2-1-4-10-8(6)7;8-7(9,10)11-6-4-2-1-3-5-6/h1-2,4,6H,3,5,9H2;1-5H. The van der Waals surface area contributed by atoms with E-state index in [1.54, 1.807) is 12.3 Å². The van der Waals surface area contributed by atoms with Gasteiger partial charge in [0.2, 0.25) is 0 Å². The van der Waals surface area contributed by atoms with Gasteiger partial charge in [0, 0.05) is 12.6 Å². The van der Waals surface area contributed by atoms with Crippen LogP contribution in [0, 0.1) is 0 Å². The van der Waals surface area contributed by atoms with Crippen LogP contribution in [0.5, 0.6) is 11.5 Å². The molecule has 2 N–H and O–H groups in total. The number of aromatic nitrogens is 1. The van der Waals surface area contributed by atoms with E-state index in [0.29, 0.717) is 6.61 Å². The van der Waals surface area contributed by atoms with Crippen LogP contribution in [0.4, 0.5) is 13.2 Å². The van der Waals surface area contributed by atoms with Gasteiger partial charge in [0.05, 0.1) is 18.3 Å². The second-order valence-electron chi connectivity index (χ2n) is 4.49. The van der Waals surface area contributed by atoms with Crippen LogP contribution in [0.25, 0.3) is 0 Å². The van der Waals surface area contributed by atoms with Crippen molar-refractivity contribution in [2.75, 3.05) is 6.61 Å². The summed E-state index contributed by atoms with van der Waals surface area (Å²) in [4.78, 5) is 4.15.